The number of ether oxygens (including phenoxy) is 1. The fraction of sp³-hybridized carbons (Fsp3) is 0.292. The van der Waals surface area contributed by atoms with Gasteiger partial charge in [0.25, 0.3) is 0 Å². The van der Waals surface area contributed by atoms with E-state index in [9.17, 15) is 14.4 Å². The lowest BCUT2D eigenvalue weighted by molar-refractivity contribution is -0.123. The number of benzene rings is 2. The third-order valence-electron chi connectivity index (χ3n) is 6.49. The summed E-state index contributed by atoms with van der Waals surface area (Å²) in [6.45, 7) is 1.90. The highest BCUT2D eigenvalue weighted by molar-refractivity contribution is 6.30. The zero-order valence-electron chi connectivity index (χ0n) is 16.4. The zero-order valence-corrected chi connectivity index (χ0v) is 17.1. The van der Waals surface area contributed by atoms with Crippen molar-refractivity contribution >= 4 is 34.9 Å². The highest BCUT2D eigenvalue weighted by Crippen LogP contribution is 2.55. The van der Waals surface area contributed by atoms with Crippen molar-refractivity contribution in [2.24, 2.45) is 23.7 Å². The second-order valence-electron chi connectivity index (χ2n) is 8.20. The second-order valence-corrected chi connectivity index (χ2v) is 8.63. The Balaban J connectivity index is 1.32. The number of rotatable bonds is 5. The van der Waals surface area contributed by atoms with E-state index in [0.717, 1.165) is 6.42 Å². The normalized spacial score (nSPS) is 26.7. The van der Waals surface area contributed by atoms with Crippen LogP contribution in [0.15, 0.2) is 60.2 Å². The Morgan fingerprint density at radius 2 is 1.83 bits per heavy atom. The van der Waals surface area contributed by atoms with Crippen LogP contribution in [0.3, 0.4) is 0 Å². The van der Waals surface area contributed by atoms with E-state index in [0.29, 0.717) is 22.0 Å². The first-order valence-electron chi connectivity index (χ1n) is 10.0. The van der Waals surface area contributed by atoms with Gasteiger partial charge in [-0.1, -0.05) is 29.3 Å². The minimum atomic E-state index is -0.248. The molecule has 1 heterocycles. The quantitative estimate of drug-likeness (QED) is 0.410. The molecule has 2 amide bonds. The van der Waals surface area contributed by atoms with Crippen LogP contribution in [-0.2, 0) is 9.59 Å². The first kappa shape index (κ1) is 19.1. The van der Waals surface area contributed by atoms with Gasteiger partial charge in [0.05, 0.1) is 17.5 Å². The van der Waals surface area contributed by atoms with Crippen LogP contribution in [0.25, 0.3) is 0 Å². The van der Waals surface area contributed by atoms with E-state index in [2.05, 4.69) is 6.08 Å². The van der Waals surface area contributed by atoms with Crippen LogP contribution in [0, 0.1) is 23.7 Å². The van der Waals surface area contributed by atoms with Crippen LogP contribution in [0.5, 0.6) is 5.75 Å². The number of allylic oxidation sites excluding steroid dienone is 2. The Bertz CT molecular complexity index is 1090. The molecule has 30 heavy (non-hydrogen) atoms. The van der Waals surface area contributed by atoms with Crippen molar-refractivity contribution in [3.8, 4) is 5.75 Å². The molecule has 4 atom stereocenters. The number of imide groups is 1. The second kappa shape index (κ2) is 7.10. The van der Waals surface area contributed by atoms with Gasteiger partial charge in [0.2, 0.25) is 11.8 Å². The van der Waals surface area contributed by atoms with Crippen LogP contribution in [0.4, 0.5) is 5.69 Å². The summed E-state index contributed by atoms with van der Waals surface area (Å²) in [5.41, 5.74) is 2.22. The first-order valence-corrected chi connectivity index (χ1v) is 10.4. The predicted octanol–water partition coefficient (Wildman–Crippen LogP) is 4.30. The van der Waals surface area contributed by atoms with Gasteiger partial charge < -0.3 is 4.74 Å². The Morgan fingerprint density at radius 3 is 2.60 bits per heavy atom. The molecule has 5 rings (SSSR count). The molecule has 1 saturated carbocycles. The maximum absolute atomic E-state index is 13.1. The summed E-state index contributed by atoms with van der Waals surface area (Å²) < 4.78 is 5.65. The van der Waals surface area contributed by atoms with Crippen LogP contribution in [0.1, 0.15) is 23.7 Å². The number of carbonyl (C=O) groups is 3. The Hall–Kier alpha value is -2.92. The van der Waals surface area contributed by atoms with Gasteiger partial charge in [-0.2, -0.15) is 0 Å². The van der Waals surface area contributed by atoms with Gasteiger partial charge >= 0.3 is 0 Å². The van der Waals surface area contributed by atoms with Crippen molar-refractivity contribution in [1.82, 2.24) is 0 Å². The average molecular weight is 422 g/mol. The van der Waals surface area contributed by atoms with Gasteiger partial charge in [-0.25, -0.2) is 4.90 Å². The van der Waals surface area contributed by atoms with E-state index in [1.807, 2.05) is 6.92 Å². The molecular weight excluding hydrogens is 402 g/mol. The minimum Gasteiger partial charge on any atom is -0.485 e. The third kappa shape index (κ3) is 2.96. The summed E-state index contributed by atoms with van der Waals surface area (Å²) in [6.07, 6.45) is 3.06. The van der Waals surface area contributed by atoms with Gasteiger partial charge in [0, 0.05) is 16.7 Å². The Kier molecular flexibility index (Phi) is 4.51. The average Bonchev–Trinajstić information content (AvgIpc) is 3.37. The van der Waals surface area contributed by atoms with Crippen molar-refractivity contribution in [1.29, 1.82) is 0 Å². The van der Waals surface area contributed by atoms with E-state index in [1.165, 1.54) is 10.5 Å². The summed E-state index contributed by atoms with van der Waals surface area (Å²) >= 11 is 5.85. The maximum atomic E-state index is 13.1. The lowest BCUT2D eigenvalue weighted by Gasteiger charge is -2.19. The van der Waals surface area contributed by atoms with Crippen LogP contribution >= 0.6 is 11.6 Å². The first-order chi connectivity index (χ1) is 14.4. The third-order valence-corrected chi connectivity index (χ3v) is 6.74. The van der Waals surface area contributed by atoms with Crippen molar-refractivity contribution in [3.05, 3.63) is 70.8 Å². The SMILES string of the molecule is CC1=CC2CC1C1C(=O)N(c3cccc(OCC(=O)c4ccc(Cl)cc4)c3)C(=O)C21. The summed E-state index contributed by atoms with van der Waals surface area (Å²) in [5.74, 6) is -0.153. The van der Waals surface area contributed by atoms with Crippen LogP contribution < -0.4 is 9.64 Å². The monoisotopic (exact) mass is 421 g/mol. The molecule has 3 aliphatic rings. The topological polar surface area (TPSA) is 63.7 Å². The van der Waals surface area contributed by atoms with E-state index < -0.39 is 0 Å². The van der Waals surface area contributed by atoms with Crippen LogP contribution in [0.2, 0.25) is 5.02 Å². The molecule has 2 fully saturated rings. The number of fused-ring (bicyclic) bond motifs is 5. The molecule has 2 aromatic carbocycles. The fourth-order valence-corrected chi connectivity index (χ4v) is 5.24. The zero-order chi connectivity index (χ0) is 21.0. The van der Waals surface area contributed by atoms with Gasteiger partial charge in [0.1, 0.15) is 5.75 Å². The summed E-state index contributed by atoms with van der Waals surface area (Å²) in [6, 6.07) is 13.4. The molecule has 152 valence electrons. The lowest BCUT2D eigenvalue weighted by atomic mass is 9.82. The van der Waals surface area contributed by atoms with Gasteiger partial charge in [-0.15, -0.1) is 0 Å². The molecular formula is C24H20ClNO4. The number of anilines is 1. The minimum absolute atomic E-state index is 0.126. The van der Waals surface area contributed by atoms with Crippen molar-refractivity contribution in [2.75, 3.05) is 11.5 Å². The lowest BCUT2D eigenvalue weighted by Crippen LogP contribution is -2.32. The highest BCUT2D eigenvalue weighted by atomic mass is 35.5. The summed E-state index contributed by atoms with van der Waals surface area (Å²) in [4.78, 5) is 39.8. The van der Waals surface area contributed by atoms with E-state index in [4.69, 9.17) is 16.3 Å². The number of carbonyl (C=O) groups excluding carboxylic acids is 3. The molecule has 0 N–H and O–H groups in total. The number of hydrogen-bond donors (Lipinski definition) is 0. The number of halogens is 1. The van der Waals surface area contributed by atoms with E-state index >= 15 is 0 Å². The fourth-order valence-electron chi connectivity index (χ4n) is 5.11. The molecule has 0 aromatic heterocycles. The molecule has 2 aromatic rings. The summed E-state index contributed by atoms with van der Waals surface area (Å²) in [5, 5.41) is 0.559. The smallest absolute Gasteiger partial charge is 0.238 e. The molecule has 0 radical (unpaired) electrons. The van der Waals surface area contributed by atoms with E-state index in [-0.39, 0.29) is 47.9 Å². The molecule has 1 saturated heterocycles. The molecule has 6 heteroatoms. The Labute approximate surface area is 179 Å². The van der Waals surface area contributed by atoms with Gasteiger partial charge in [0.15, 0.2) is 12.4 Å². The number of hydrogen-bond acceptors (Lipinski definition) is 4. The predicted molar refractivity (Wildman–Crippen MR) is 113 cm³/mol. The van der Waals surface area contributed by atoms with Crippen molar-refractivity contribution in [3.63, 3.8) is 0 Å². The molecule has 4 unspecified atom stereocenters. The molecule has 2 aliphatic carbocycles. The molecule has 2 bridgehead atoms. The Morgan fingerprint density at radius 1 is 1.10 bits per heavy atom. The number of amides is 2. The van der Waals surface area contributed by atoms with Gasteiger partial charge in [-0.3, -0.25) is 14.4 Å². The van der Waals surface area contributed by atoms with Crippen molar-refractivity contribution in [2.45, 2.75) is 13.3 Å². The van der Waals surface area contributed by atoms with Crippen LogP contribution in [-0.4, -0.2) is 24.2 Å². The molecule has 0 spiro atoms. The largest absolute Gasteiger partial charge is 0.485 e. The maximum Gasteiger partial charge on any atom is 0.238 e. The highest BCUT2D eigenvalue weighted by Gasteiger charge is 2.60. The standard InChI is InChI=1S/C24H20ClNO4/c1-13-9-15-10-19(13)22-21(15)23(28)26(24(22)29)17-3-2-4-18(11-17)30-12-20(27)14-5-7-16(25)8-6-14/h2-9,11,15,19,21-22H,10,12H2,1H3. The number of ketones is 1. The van der Waals surface area contributed by atoms with Gasteiger partial charge in [-0.05, 0) is 61.6 Å². The number of nitrogens with zero attached hydrogens (tertiary/aromatic N) is 1. The van der Waals surface area contributed by atoms with Crippen molar-refractivity contribution < 1.29 is 19.1 Å². The number of Topliss-reactive ketones (excluding diaryl/α,β-unsaturated/α-hetero) is 1. The van der Waals surface area contributed by atoms with E-state index in [1.54, 1.807) is 48.5 Å². The summed E-state index contributed by atoms with van der Waals surface area (Å²) in [7, 11) is 0. The molecule has 1 aliphatic heterocycles. The molecule has 5 nitrogen and oxygen atoms in total.